The number of nitrogens with zero attached hydrogens (tertiary/aromatic N) is 2. The Bertz CT molecular complexity index is 1990. The molecular weight excluding hydrogens is 728 g/mol. The zero-order chi connectivity index (χ0) is 40.8. The molecule has 5 nitrogen and oxygen atoms in total. The molecule has 4 aromatic carbocycles. The maximum Gasteiger partial charge on any atom is 0.123 e. The third kappa shape index (κ3) is 9.27. The van der Waals surface area contributed by atoms with Crippen molar-refractivity contribution in [2.24, 2.45) is 5.92 Å². The normalized spacial score (nSPS) is 22.2. The third-order valence-corrected chi connectivity index (χ3v) is 15.1. The number of anilines is 4. The molecule has 316 valence electrons. The van der Waals surface area contributed by atoms with Crippen molar-refractivity contribution in [1.82, 2.24) is 0 Å². The van der Waals surface area contributed by atoms with Crippen molar-refractivity contribution in [2.45, 2.75) is 172 Å². The maximum absolute atomic E-state index is 15.8. The van der Waals surface area contributed by atoms with E-state index in [0.717, 1.165) is 72.6 Å². The summed E-state index contributed by atoms with van der Waals surface area (Å²) >= 11 is 0. The van der Waals surface area contributed by atoms with Gasteiger partial charge in [0.25, 0.3) is 0 Å². The van der Waals surface area contributed by atoms with Crippen molar-refractivity contribution in [3.63, 3.8) is 0 Å². The number of hydrazine groups is 3. The molecule has 2 atom stereocenters. The van der Waals surface area contributed by atoms with Crippen LogP contribution in [0.25, 0.3) is 0 Å². The first-order valence-corrected chi connectivity index (χ1v) is 23.5. The summed E-state index contributed by atoms with van der Waals surface area (Å²) in [5.41, 5.74) is 17.5. The monoisotopic (exact) mass is 799 g/mol. The number of para-hydroxylation sites is 2. The molecular formula is C53H71FN4O. The molecule has 2 unspecified atom stereocenters. The lowest BCUT2D eigenvalue weighted by Gasteiger charge is -2.45. The van der Waals surface area contributed by atoms with Crippen molar-refractivity contribution < 1.29 is 9.13 Å². The van der Waals surface area contributed by atoms with Gasteiger partial charge in [0.15, 0.2) is 0 Å². The van der Waals surface area contributed by atoms with E-state index < -0.39 is 0 Å². The highest BCUT2D eigenvalue weighted by Crippen LogP contribution is 2.49. The molecule has 0 amide bonds. The first kappa shape index (κ1) is 41.5. The van der Waals surface area contributed by atoms with Crippen molar-refractivity contribution in [2.75, 3.05) is 28.2 Å². The number of ether oxygens (including phenoxy) is 1. The zero-order valence-corrected chi connectivity index (χ0v) is 36.6. The second-order valence-electron chi connectivity index (χ2n) is 19.5. The zero-order valence-electron chi connectivity index (χ0n) is 36.6. The van der Waals surface area contributed by atoms with E-state index in [1.807, 2.05) is 12.1 Å². The largest absolute Gasteiger partial charge is 0.497 e. The average Bonchev–Trinajstić information content (AvgIpc) is 3.70. The van der Waals surface area contributed by atoms with Crippen LogP contribution in [0, 0.1) is 11.7 Å². The van der Waals surface area contributed by atoms with Gasteiger partial charge in [-0.2, -0.15) is 10.2 Å². The molecule has 59 heavy (non-hydrogen) atoms. The maximum atomic E-state index is 15.8. The van der Waals surface area contributed by atoms with Gasteiger partial charge in [0.05, 0.1) is 29.9 Å². The molecule has 6 heteroatoms. The minimum absolute atomic E-state index is 0.0239. The van der Waals surface area contributed by atoms with E-state index in [4.69, 9.17) is 4.74 Å². The molecule has 4 aliphatic carbocycles. The van der Waals surface area contributed by atoms with Gasteiger partial charge in [-0.25, -0.2) is 4.39 Å². The smallest absolute Gasteiger partial charge is 0.123 e. The average molecular weight is 799 g/mol. The highest BCUT2D eigenvalue weighted by atomic mass is 19.1. The Balaban J connectivity index is 1.35. The Kier molecular flexibility index (Phi) is 13.1. The molecule has 0 heterocycles. The lowest BCUT2D eigenvalue weighted by atomic mass is 9.70. The predicted octanol–water partition coefficient (Wildman–Crippen LogP) is 15.3. The van der Waals surface area contributed by atoms with E-state index in [9.17, 15) is 0 Å². The summed E-state index contributed by atoms with van der Waals surface area (Å²) in [5.74, 6) is 2.29. The summed E-state index contributed by atoms with van der Waals surface area (Å²) in [7, 11) is 1.77. The topological polar surface area (TPSA) is 39.8 Å². The lowest BCUT2D eigenvalue weighted by Crippen LogP contribution is -2.52. The number of benzene rings is 4. The van der Waals surface area contributed by atoms with Crippen molar-refractivity contribution >= 4 is 22.7 Å². The minimum Gasteiger partial charge on any atom is -0.497 e. The molecule has 0 aromatic heterocycles. The molecule has 4 aromatic rings. The van der Waals surface area contributed by atoms with Crippen LogP contribution in [0.15, 0.2) is 84.9 Å². The predicted molar refractivity (Wildman–Crippen MR) is 246 cm³/mol. The number of methoxy groups -OCH3 is 1. The van der Waals surface area contributed by atoms with Gasteiger partial charge in [0, 0.05) is 6.07 Å². The fourth-order valence-electron chi connectivity index (χ4n) is 11.6. The Labute approximate surface area is 355 Å². The number of rotatable bonds is 12. The molecule has 4 aliphatic rings. The summed E-state index contributed by atoms with van der Waals surface area (Å²) in [6.45, 7) is 7.25. The summed E-state index contributed by atoms with van der Waals surface area (Å²) in [5, 5.41) is 4.58. The van der Waals surface area contributed by atoms with Crippen LogP contribution in [0.5, 0.6) is 5.75 Å². The van der Waals surface area contributed by atoms with E-state index in [-0.39, 0.29) is 16.6 Å². The molecule has 4 saturated carbocycles. The van der Waals surface area contributed by atoms with Gasteiger partial charge < -0.3 is 4.74 Å². The van der Waals surface area contributed by atoms with Crippen LogP contribution in [-0.2, 0) is 10.8 Å². The summed E-state index contributed by atoms with van der Waals surface area (Å²) in [6.07, 6.45) is 24.1. The standard InChI is InChI=1S/C53H71FN4O/c1-39-20-19-23-41(36-39)44-24-11-13-26-48(44)55-58(51-31-28-42(54)37-47(51)53(3)32-15-8-16-33-53)57(50-27-14-12-25-46(50)52(2)34-17-18-35-52)56-49-38-43(59-4)29-30-45(49)40-21-9-6-5-7-10-22-40/h11-14,24-31,37-41,55-56H,5-10,15-23,32-36H2,1-4H3. The van der Waals surface area contributed by atoms with Crippen molar-refractivity contribution in [3.05, 3.63) is 113 Å². The summed E-state index contributed by atoms with van der Waals surface area (Å²) in [4.78, 5) is 0. The van der Waals surface area contributed by atoms with E-state index in [1.165, 1.54) is 107 Å². The Hall–Kier alpha value is -4.19. The molecule has 0 spiro atoms. The Morgan fingerprint density at radius 1 is 0.559 bits per heavy atom. The minimum atomic E-state index is -0.176. The van der Waals surface area contributed by atoms with Gasteiger partial charge >= 0.3 is 0 Å². The van der Waals surface area contributed by atoms with E-state index in [2.05, 4.69) is 109 Å². The molecule has 4 fully saturated rings. The lowest BCUT2D eigenvalue weighted by molar-refractivity contribution is 0.319. The van der Waals surface area contributed by atoms with Gasteiger partial charge in [-0.15, -0.1) is 0 Å². The molecule has 2 N–H and O–H groups in total. The highest BCUT2D eigenvalue weighted by molar-refractivity contribution is 5.74. The van der Waals surface area contributed by atoms with Gasteiger partial charge in [-0.05, 0) is 139 Å². The van der Waals surface area contributed by atoms with E-state index >= 15 is 4.39 Å². The van der Waals surface area contributed by atoms with Crippen LogP contribution >= 0.6 is 0 Å². The fourth-order valence-corrected chi connectivity index (χ4v) is 11.6. The van der Waals surface area contributed by atoms with Crippen LogP contribution in [0.1, 0.15) is 183 Å². The van der Waals surface area contributed by atoms with E-state index in [0.29, 0.717) is 17.8 Å². The van der Waals surface area contributed by atoms with Crippen LogP contribution < -0.4 is 25.8 Å². The third-order valence-electron chi connectivity index (χ3n) is 15.1. The summed E-state index contributed by atoms with van der Waals surface area (Å²) in [6, 6.07) is 30.3. The molecule has 0 bridgehead atoms. The van der Waals surface area contributed by atoms with Crippen LogP contribution in [0.2, 0.25) is 0 Å². The second kappa shape index (κ2) is 18.6. The van der Waals surface area contributed by atoms with Gasteiger partial charge in [-0.1, -0.05) is 140 Å². The first-order chi connectivity index (χ1) is 28.7. The highest BCUT2D eigenvalue weighted by Gasteiger charge is 2.38. The van der Waals surface area contributed by atoms with E-state index in [1.54, 1.807) is 13.2 Å². The first-order valence-electron chi connectivity index (χ1n) is 23.5. The second-order valence-corrected chi connectivity index (χ2v) is 19.5. The van der Waals surface area contributed by atoms with Crippen molar-refractivity contribution in [1.29, 1.82) is 0 Å². The number of hydrogen-bond acceptors (Lipinski definition) is 5. The molecule has 8 rings (SSSR count). The number of nitrogens with one attached hydrogen (secondary N) is 2. The SMILES string of the molecule is COc1ccc(C2CCCCCCC2)c(NN(c2ccccc2C2(C)CCCC2)N(Nc2ccccc2C2CCCC(C)C2)c2ccc(F)cc2C2(C)CCCCC2)c1. The molecule has 0 saturated heterocycles. The fraction of sp³-hybridized carbons (Fsp3) is 0.547. The van der Waals surface area contributed by atoms with Crippen LogP contribution in [-0.4, -0.2) is 7.11 Å². The van der Waals surface area contributed by atoms with Crippen LogP contribution in [0.4, 0.5) is 27.1 Å². The molecule has 0 aliphatic heterocycles. The number of halogens is 1. The van der Waals surface area contributed by atoms with Gasteiger partial charge in [-0.3, -0.25) is 10.9 Å². The molecule has 0 radical (unpaired) electrons. The van der Waals surface area contributed by atoms with Gasteiger partial charge in [0.1, 0.15) is 11.6 Å². The summed E-state index contributed by atoms with van der Waals surface area (Å²) < 4.78 is 21.8. The van der Waals surface area contributed by atoms with Crippen molar-refractivity contribution in [3.8, 4) is 5.75 Å². The quantitative estimate of drug-likeness (QED) is 0.140. The van der Waals surface area contributed by atoms with Crippen LogP contribution in [0.3, 0.4) is 0 Å². The Morgan fingerprint density at radius 3 is 1.86 bits per heavy atom. The number of hydrogen-bond donors (Lipinski definition) is 2. The Morgan fingerprint density at radius 2 is 1.14 bits per heavy atom. The van der Waals surface area contributed by atoms with Gasteiger partial charge in [0.2, 0.25) is 0 Å².